The van der Waals surface area contributed by atoms with Gasteiger partial charge in [0.1, 0.15) is 5.78 Å². The number of carbonyl (C=O) groups excluding carboxylic acids is 1. The van der Waals surface area contributed by atoms with E-state index in [1.165, 1.54) is 13.8 Å². The number of nitrogens with one attached hydrogen (secondary N) is 1. The van der Waals surface area contributed by atoms with Gasteiger partial charge >= 0.3 is 0 Å². The smallest absolute Gasteiger partial charge is 0.126 e. The van der Waals surface area contributed by atoms with Crippen molar-refractivity contribution in [1.29, 1.82) is 0 Å². The molecule has 1 aliphatic heterocycles. The molecular weight excluding hydrogens is 825 g/mol. The van der Waals surface area contributed by atoms with Gasteiger partial charge in [0.2, 0.25) is 0 Å². The van der Waals surface area contributed by atoms with E-state index >= 15 is 0 Å². The summed E-state index contributed by atoms with van der Waals surface area (Å²) in [5.41, 5.74) is 6.47. The second-order valence-electron chi connectivity index (χ2n) is 7.17. The summed E-state index contributed by atoms with van der Waals surface area (Å²) in [6.45, 7) is 18.3. The Kier molecular flexibility index (Phi) is 29.4. The Morgan fingerprint density at radius 3 is 1.12 bits per heavy atom. The molecule has 0 aromatic rings. The second-order valence-corrected chi connectivity index (χ2v) is 7.17. The van der Waals surface area contributed by atoms with E-state index in [2.05, 4.69) is 19.2 Å². The molecule has 3 radical (unpaired) electrons. The molecule has 24 heavy (non-hydrogen) atoms. The first-order valence-electron chi connectivity index (χ1n) is 7.04. The number of ketones is 1. The van der Waals surface area contributed by atoms with E-state index in [9.17, 15) is 4.79 Å². The van der Waals surface area contributed by atoms with Crippen molar-refractivity contribution in [2.24, 2.45) is 0 Å². The summed E-state index contributed by atoms with van der Waals surface area (Å²) in [6, 6.07) is 0. The quantitative estimate of drug-likeness (QED) is 0.314. The maximum atomic E-state index is 9.44. The van der Waals surface area contributed by atoms with Gasteiger partial charge in [-0.15, -0.1) is 11.1 Å². The molecule has 0 amide bonds. The average Bonchev–Trinajstić information content (AvgIpc) is 2.75. The standard InChI is InChI=1S/C6H14NO.C4H8N.C3H6N.C3H6O.3Re/c1-5(2,7)6(3,4)8;1-4(2)3-5-4;2*1-3(2)4;;;/h7-8H,1-4H3;3H2,1-2H3;2*1-2H3;;;/q3*-1;;;;. The number of carbonyl (C=O) groups is 1. The van der Waals surface area contributed by atoms with E-state index < -0.39 is 11.1 Å². The van der Waals surface area contributed by atoms with Crippen molar-refractivity contribution in [3.8, 4) is 0 Å². The van der Waals surface area contributed by atoms with Crippen LogP contribution in [0.15, 0.2) is 0 Å². The predicted octanol–water partition coefficient (Wildman–Crippen LogP) is 4.36. The Balaban J connectivity index is -0.0000000450. The molecule has 1 fully saturated rings. The summed E-state index contributed by atoms with van der Waals surface area (Å²) in [6.07, 6.45) is 0. The minimum absolute atomic E-state index is 0. The molecule has 0 aromatic carbocycles. The number of hydrogen-bond acceptors (Lipinski definition) is 2. The Morgan fingerprint density at radius 1 is 1.04 bits per heavy atom. The summed E-state index contributed by atoms with van der Waals surface area (Å²) in [7, 11) is 0. The molecular formula is C16H34N3O2Re3-3. The Hall–Kier alpha value is 1.21. The van der Waals surface area contributed by atoms with Gasteiger partial charge in [0.25, 0.3) is 0 Å². The van der Waals surface area contributed by atoms with Crippen molar-refractivity contribution < 1.29 is 71.2 Å². The molecule has 8 heteroatoms. The molecule has 149 valence electrons. The second kappa shape index (κ2) is 17.6. The van der Waals surface area contributed by atoms with Crippen molar-refractivity contribution in [2.75, 3.05) is 6.54 Å². The summed E-state index contributed by atoms with van der Waals surface area (Å²) in [5, 5.41) is 21.2. The fraction of sp³-hybridized carbons (Fsp3) is 0.875. The monoisotopic (exact) mass is 861 g/mol. The van der Waals surface area contributed by atoms with E-state index in [-0.39, 0.29) is 67.1 Å². The minimum Gasteiger partial charge on any atom is -0.812 e. The molecule has 1 heterocycles. The summed E-state index contributed by atoms with van der Waals surface area (Å²) in [5.74, 6) is 0.167. The topological polar surface area (TPSA) is 97.5 Å². The number of nitrogens with zero attached hydrogens (tertiary/aromatic N) is 2. The normalized spacial score (nSPS) is 13.2. The zero-order valence-electron chi connectivity index (χ0n) is 16.6. The van der Waals surface area contributed by atoms with Crippen LogP contribution in [0.3, 0.4) is 0 Å². The van der Waals surface area contributed by atoms with Crippen LogP contribution < -0.4 is 0 Å². The SMILES string of the molecule is CC(C)([NH-])C(C)(C)O.CC(C)=O.CC(C)=[N-].CC1(C)C[N-]1.[Re].[Re].[Re]. The Bertz CT molecular complexity index is 286. The fourth-order valence-corrected chi connectivity index (χ4v) is 0.158. The van der Waals surface area contributed by atoms with Crippen LogP contribution in [0.2, 0.25) is 0 Å². The van der Waals surface area contributed by atoms with Gasteiger partial charge in [-0.2, -0.15) is 6.54 Å². The van der Waals surface area contributed by atoms with Gasteiger partial charge in [-0.3, -0.25) is 0 Å². The third-order valence-electron chi connectivity index (χ3n) is 2.32. The van der Waals surface area contributed by atoms with Gasteiger partial charge in [-0.25, -0.2) is 5.71 Å². The summed E-state index contributed by atoms with van der Waals surface area (Å²) in [4.78, 5) is 9.44. The zero-order chi connectivity index (χ0) is 18.1. The molecule has 1 aliphatic rings. The molecule has 0 unspecified atom stereocenters. The molecule has 2 N–H and O–H groups in total. The first-order valence-corrected chi connectivity index (χ1v) is 7.04. The molecule has 0 aliphatic carbocycles. The third kappa shape index (κ3) is 49.5. The number of aliphatic hydroxyl groups is 1. The molecule has 0 atom stereocenters. The van der Waals surface area contributed by atoms with Crippen LogP contribution in [0.4, 0.5) is 0 Å². The van der Waals surface area contributed by atoms with E-state index in [0.717, 1.165) is 6.54 Å². The van der Waals surface area contributed by atoms with Crippen LogP contribution in [0.1, 0.15) is 69.2 Å². The Morgan fingerprint density at radius 2 is 1.12 bits per heavy atom. The van der Waals surface area contributed by atoms with Gasteiger partial charge in [0, 0.05) is 66.9 Å². The van der Waals surface area contributed by atoms with E-state index in [1.54, 1.807) is 41.5 Å². The van der Waals surface area contributed by atoms with E-state index in [4.69, 9.17) is 16.2 Å². The predicted molar refractivity (Wildman–Crippen MR) is 93.1 cm³/mol. The van der Waals surface area contributed by atoms with Crippen molar-refractivity contribution >= 4 is 11.5 Å². The molecule has 0 spiro atoms. The zero-order valence-corrected chi connectivity index (χ0v) is 24.7. The van der Waals surface area contributed by atoms with Crippen molar-refractivity contribution in [1.82, 2.24) is 0 Å². The third-order valence-corrected chi connectivity index (χ3v) is 2.32. The first kappa shape index (κ1) is 40.0. The number of rotatable bonds is 1. The maximum Gasteiger partial charge on any atom is 0.126 e. The molecule has 0 saturated carbocycles. The molecule has 0 aromatic heterocycles. The summed E-state index contributed by atoms with van der Waals surface area (Å²) >= 11 is 0. The van der Waals surface area contributed by atoms with Crippen LogP contribution in [0.25, 0.3) is 16.5 Å². The van der Waals surface area contributed by atoms with Gasteiger partial charge < -0.3 is 26.4 Å². The fourth-order valence-electron chi connectivity index (χ4n) is 0.158. The Labute approximate surface area is 190 Å². The molecule has 0 bridgehead atoms. The van der Waals surface area contributed by atoms with Gasteiger partial charge in [-0.05, 0) is 27.7 Å². The van der Waals surface area contributed by atoms with Gasteiger partial charge in [-0.1, -0.05) is 41.5 Å². The minimum atomic E-state index is -0.896. The van der Waals surface area contributed by atoms with E-state index in [0.29, 0.717) is 11.3 Å². The van der Waals surface area contributed by atoms with Crippen LogP contribution >= 0.6 is 0 Å². The van der Waals surface area contributed by atoms with Gasteiger partial charge in [0.15, 0.2) is 0 Å². The van der Waals surface area contributed by atoms with Crippen LogP contribution in [-0.2, 0) is 66.1 Å². The maximum absolute atomic E-state index is 9.44. The molecule has 1 rings (SSSR count). The first-order chi connectivity index (χ1) is 8.92. The van der Waals surface area contributed by atoms with Crippen LogP contribution in [0.5, 0.6) is 0 Å². The van der Waals surface area contributed by atoms with Crippen LogP contribution in [-0.4, -0.2) is 39.8 Å². The number of Topliss-reactive ketones (excluding diaryl/α,β-unsaturated/α-hetero) is 1. The molecule has 5 nitrogen and oxygen atoms in total. The average molecular weight is 859 g/mol. The van der Waals surface area contributed by atoms with Crippen molar-refractivity contribution in [2.45, 2.75) is 85.9 Å². The molecule has 1 saturated heterocycles. The largest absolute Gasteiger partial charge is 0.812 e. The summed E-state index contributed by atoms with van der Waals surface area (Å²) < 4.78 is 0. The van der Waals surface area contributed by atoms with Crippen LogP contribution in [0, 0.1) is 0 Å². The van der Waals surface area contributed by atoms with E-state index in [1.807, 2.05) is 0 Å². The van der Waals surface area contributed by atoms with Crippen molar-refractivity contribution in [3.05, 3.63) is 16.5 Å². The van der Waals surface area contributed by atoms with Crippen molar-refractivity contribution in [3.63, 3.8) is 0 Å². The van der Waals surface area contributed by atoms with Gasteiger partial charge in [0.05, 0.1) is 0 Å². The number of hydrogen-bond donors (Lipinski definition) is 1.